The number of amides is 1. The molecule has 0 spiro atoms. The van der Waals surface area contributed by atoms with Crippen LogP contribution in [0.5, 0.6) is 0 Å². The highest BCUT2D eigenvalue weighted by Crippen LogP contribution is 2.61. The number of ether oxygens (including phenoxy) is 1. The molecular formula is C37H36ClF3N6O2. The molecule has 3 aliphatic rings. The first-order valence-corrected chi connectivity index (χ1v) is 16.7. The third-order valence-corrected chi connectivity index (χ3v) is 10.4. The second-order valence-corrected chi connectivity index (χ2v) is 13.7. The number of nitrogens with one attached hydrogen (secondary N) is 1. The van der Waals surface area contributed by atoms with Gasteiger partial charge in [0.05, 0.1) is 12.1 Å². The van der Waals surface area contributed by atoms with E-state index < -0.39 is 23.6 Å². The van der Waals surface area contributed by atoms with Gasteiger partial charge in [-0.15, -0.1) is 0 Å². The molecule has 3 unspecified atom stereocenters. The fraction of sp³-hybridized carbons (Fsp3) is 0.351. The Morgan fingerprint density at radius 3 is 2.47 bits per heavy atom. The molecule has 2 aromatic heterocycles. The van der Waals surface area contributed by atoms with Crippen LogP contribution in [0.1, 0.15) is 89.4 Å². The molecule has 8 rings (SSSR count). The number of aryl methyl sites for hydroxylation is 1. The molecule has 1 amide bonds. The predicted molar refractivity (Wildman–Crippen MR) is 179 cm³/mol. The van der Waals surface area contributed by atoms with Crippen LogP contribution in [0.3, 0.4) is 0 Å². The van der Waals surface area contributed by atoms with Gasteiger partial charge in [-0.3, -0.25) is 9.48 Å². The zero-order valence-electron chi connectivity index (χ0n) is 27.2. The minimum Gasteiger partial charge on any atom is -0.354 e. The number of alkyl halides is 2. The van der Waals surface area contributed by atoms with Gasteiger partial charge < -0.3 is 10.1 Å². The minimum absolute atomic E-state index is 0.0660. The maximum atomic E-state index is 13.3. The average Bonchev–Trinajstić information content (AvgIpc) is 3.57. The van der Waals surface area contributed by atoms with E-state index in [4.69, 9.17) is 16.3 Å². The molecule has 3 heterocycles. The fourth-order valence-corrected chi connectivity index (χ4v) is 8.25. The number of halogens is 4. The topological polar surface area (TPSA) is 90.2 Å². The molecular weight excluding hydrogens is 653 g/mol. The summed E-state index contributed by atoms with van der Waals surface area (Å²) in [6, 6.07) is 19.9. The summed E-state index contributed by atoms with van der Waals surface area (Å²) in [7, 11) is 1.54. The molecule has 49 heavy (non-hydrogen) atoms. The van der Waals surface area contributed by atoms with Gasteiger partial charge in [-0.1, -0.05) is 67.9 Å². The Hall–Kier alpha value is -4.48. The van der Waals surface area contributed by atoms with Crippen LogP contribution < -0.4 is 5.32 Å². The molecule has 5 aromatic rings. The van der Waals surface area contributed by atoms with Crippen molar-refractivity contribution in [2.45, 2.75) is 63.2 Å². The average molecular weight is 689 g/mol. The van der Waals surface area contributed by atoms with Crippen LogP contribution >= 0.6 is 11.6 Å². The largest absolute Gasteiger partial charge is 0.354 e. The number of anilines is 1. The molecule has 8 nitrogen and oxygen atoms in total. The first-order chi connectivity index (χ1) is 23.6. The summed E-state index contributed by atoms with van der Waals surface area (Å²) in [4.78, 5) is 16.6. The summed E-state index contributed by atoms with van der Waals surface area (Å²) in [5.74, 6) is 1.35. The Labute approximate surface area is 287 Å². The molecule has 2 aliphatic carbocycles. The van der Waals surface area contributed by atoms with E-state index in [0.29, 0.717) is 35.2 Å². The van der Waals surface area contributed by atoms with E-state index in [0.717, 1.165) is 23.2 Å². The quantitative estimate of drug-likeness (QED) is 0.165. The number of rotatable bonds is 8. The first kappa shape index (κ1) is 33.0. The number of epoxide rings is 1. The van der Waals surface area contributed by atoms with Crippen LogP contribution in [0.15, 0.2) is 85.6 Å². The maximum Gasteiger partial charge on any atom is 0.282 e. The second-order valence-electron chi connectivity index (χ2n) is 13.3. The molecule has 1 aliphatic heterocycles. The van der Waals surface area contributed by atoms with Crippen molar-refractivity contribution in [1.29, 1.82) is 0 Å². The highest BCUT2D eigenvalue weighted by Gasteiger charge is 2.59. The normalized spacial score (nSPS) is 23.4. The van der Waals surface area contributed by atoms with Crippen molar-refractivity contribution >= 4 is 23.2 Å². The molecule has 1 N–H and O–H groups in total. The van der Waals surface area contributed by atoms with Crippen LogP contribution in [0.4, 0.5) is 18.9 Å². The Balaban J connectivity index is 0.000000155. The third kappa shape index (κ3) is 6.14. The summed E-state index contributed by atoms with van der Waals surface area (Å²) in [6.45, 7) is 4.99. The van der Waals surface area contributed by atoms with E-state index in [9.17, 15) is 18.0 Å². The van der Waals surface area contributed by atoms with Gasteiger partial charge in [0.25, 0.3) is 12.3 Å². The third-order valence-electron chi connectivity index (χ3n) is 10.0. The molecule has 3 aromatic carbocycles. The summed E-state index contributed by atoms with van der Waals surface area (Å²) in [5.41, 5.74) is 3.93. The molecule has 2 bridgehead atoms. The van der Waals surface area contributed by atoms with E-state index in [1.54, 1.807) is 23.1 Å². The van der Waals surface area contributed by atoms with Crippen molar-refractivity contribution < 1.29 is 22.7 Å². The smallest absolute Gasteiger partial charge is 0.282 e. The first-order valence-electron chi connectivity index (χ1n) is 16.3. The van der Waals surface area contributed by atoms with E-state index >= 15 is 0 Å². The van der Waals surface area contributed by atoms with Crippen molar-refractivity contribution in [1.82, 2.24) is 24.5 Å². The zero-order chi connectivity index (χ0) is 34.4. The number of fused-ring (bicyclic) bond motifs is 5. The lowest BCUT2D eigenvalue weighted by Crippen LogP contribution is -2.19. The van der Waals surface area contributed by atoms with Crippen LogP contribution in [0.2, 0.25) is 5.02 Å². The Kier molecular flexibility index (Phi) is 8.83. The van der Waals surface area contributed by atoms with Crippen LogP contribution in [0, 0.1) is 17.7 Å². The number of aromatic nitrogens is 5. The minimum atomic E-state index is -2.78. The lowest BCUT2D eigenvalue weighted by molar-refractivity contribution is 0.101. The van der Waals surface area contributed by atoms with Gasteiger partial charge in [-0.05, 0) is 77.5 Å². The summed E-state index contributed by atoms with van der Waals surface area (Å²) in [5, 5.41) is 11.4. The highest BCUT2D eigenvalue weighted by molar-refractivity contribution is 6.31. The molecule has 2 fully saturated rings. The van der Waals surface area contributed by atoms with E-state index in [2.05, 4.69) is 40.4 Å². The number of hydrogen-bond acceptors (Lipinski definition) is 5. The van der Waals surface area contributed by atoms with Gasteiger partial charge in [-0.25, -0.2) is 22.8 Å². The molecule has 12 heteroatoms. The number of carbonyl (C=O) groups excluding carboxylic acids is 1. The van der Waals surface area contributed by atoms with E-state index in [1.165, 1.54) is 53.9 Å². The van der Waals surface area contributed by atoms with Crippen molar-refractivity contribution in [3.63, 3.8) is 0 Å². The van der Waals surface area contributed by atoms with E-state index in [1.807, 2.05) is 36.4 Å². The lowest BCUT2D eigenvalue weighted by Gasteiger charge is -2.21. The molecule has 254 valence electrons. The monoisotopic (exact) mass is 688 g/mol. The van der Waals surface area contributed by atoms with Crippen LogP contribution in [0.25, 0.3) is 0 Å². The van der Waals surface area contributed by atoms with Gasteiger partial charge in [-0.2, -0.15) is 10.2 Å². The standard InChI is InChI=1S/C20H23F2N3O.C17H13ClFN3O/c1-10(2)16-12-7-8-13(16)17-11(12)5-4-6-15(17)23-20(26)14-9-25(3)24-18(14)19(21)22;18-15-4-2-1-3-14(15)16-17(23-16,9-22-11-20-10-21-22)12-5-7-13(19)8-6-12/h4-6,9-10,12-13,16,19H,7-8H2,1-3H3,(H,23,26);1-8,10-11,16H,9H2/t12-,13-,16?;/m0./s1. The molecule has 5 atom stereocenters. The number of nitrogens with zero attached hydrogens (tertiary/aromatic N) is 5. The molecule has 1 saturated heterocycles. The SMILES string of the molecule is CC(C)C1[C@@H]2CC[C@H]1c1cccc(NC(=O)c3cn(C)nc3C(F)F)c12.Fc1ccc(C2(Cn3cncn3)OC2c2ccccc2Cl)cc1. The van der Waals surface area contributed by atoms with Crippen molar-refractivity contribution in [3.05, 3.63) is 130 Å². The van der Waals surface area contributed by atoms with Crippen molar-refractivity contribution in [3.8, 4) is 0 Å². The molecule has 0 radical (unpaired) electrons. The zero-order valence-corrected chi connectivity index (χ0v) is 28.0. The fourth-order valence-electron chi connectivity index (χ4n) is 8.01. The Morgan fingerprint density at radius 2 is 1.78 bits per heavy atom. The van der Waals surface area contributed by atoms with Gasteiger partial charge in [0.2, 0.25) is 0 Å². The number of carbonyl (C=O) groups is 1. The van der Waals surface area contributed by atoms with Gasteiger partial charge in [0.15, 0.2) is 0 Å². The second kappa shape index (κ2) is 13.1. The predicted octanol–water partition coefficient (Wildman–Crippen LogP) is 8.59. The van der Waals surface area contributed by atoms with Gasteiger partial charge in [0, 0.05) is 29.5 Å². The number of hydrogen-bond donors (Lipinski definition) is 1. The van der Waals surface area contributed by atoms with E-state index in [-0.39, 0.29) is 17.5 Å². The summed E-state index contributed by atoms with van der Waals surface area (Å²) < 4.78 is 48.6. The number of benzene rings is 3. The van der Waals surface area contributed by atoms with Crippen molar-refractivity contribution in [2.24, 2.45) is 18.9 Å². The summed E-state index contributed by atoms with van der Waals surface area (Å²) in [6.07, 6.45) is 3.80. The van der Waals surface area contributed by atoms with Gasteiger partial charge >= 0.3 is 0 Å². The lowest BCUT2D eigenvalue weighted by atomic mass is 9.85. The van der Waals surface area contributed by atoms with Gasteiger partial charge in [0.1, 0.15) is 35.9 Å². The Morgan fingerprint density at radius 1 is 1.04 bits per heavy atom. The van der Waals surface area contributed by atoms with Crippen LogP contribution in [-0.2, 0) is 23.9 Å². The van der Waals surface area contributed by atoms with Crippen molar-refractivity contribution in [2.75, 3.05) is 5.32 Å². The molecule has 1 saturated carbocycles. The highest BCUT2D eigenvalue weighted by atomic mass is 35.5. The maximum absolute atomic E-state index is 13.3. The Bertz CT molecular complexity index is 1970. The summed E-state index contributed by atoms with van der Waals surface area (Å²) >= 11 is 6.31. The van der Waals surface area contributed by atoms with Crippen LogP contribution in [-0.4, -0.2) is 30.5 Å².